The first-order valence-electron chi connectivity index (χ1n) is 6.98. The molecule has 0 radical (unpaired) electrons. The van der Waals surface area contributed by atoms with Crippen LogP contribution in [-0.4, -0.2) is 18.5 Å². The second kappa shape index (κ2) is 3.47. The Kier molecular flexibility index (Phi) is 2.35. The third-order valence-electron chi connectivity index (χ3n) is 5.84. The van der Waals surface area contributed by atoms with Crippen LogP contribution in [0.4, 0.5) is 0 Å². The fourth-order valence-electron chi connectivity index (χ4n) is 5.25. The Morgan fingerprint density at radius 2 is 1.59 bits per heavy atom. The van der Waals surface area contributed by atoms with Gasteiger partial charge in [0.15, 0.2) is 0 Å². The maximum Gasteiger partial charge on any atom is 0.240 e. The molecule has 3 nitrogen and oxygen atoms in total. The van der Waals surface area contributed by atoms with Crippen molar-refractivity contribution in [1.29, 1.82) is 0 Å². The number of carbonyl (C=O) groups excluding carboxylic acids is 1. The van der Waals surface area contributed by atoms with Gasteiger partial charge >= 0.3 is 0 Å². The highest BCUT2D eigenvalue weighted by atomic mass is 16.2. The molecule has 4 saturated carbocycles. The zero-order valence-electron chi connectivity index (χ0n) is 11.0. The van der Waals surface area contributed by atoms with E-state index in [1.54, 1.807) is 7.05 Å². The molecule has 4 rings (SSSR count). The Morgan fingerprint density at radius 1 is 1.18 bits per heavy atom. The summed E-state index contributed by atoms with van der Waals surface area (Å²) < 4.78 is 0. The highest BCUT2D eigenvalue weighted by Gasteiger charge is 2.59. The van der Waals surface area contributed by atoms with Crippen molar-refractivity contribution in [2.24, 2.45) is 28.9 Å². The molecule has 3 heteroatoms. The molecular formula is C14H24N2O. The number of hydrogen-bond donors (Lipinski definition) is 2. The summed E-state index contributed by atoms with van der Waals surface area (Å²) in [6.45, 7) is 1.96. The lowest BCUT2D eigenvalue weighted by Gasteiger charge is -2.61. The lowest BCUT2D eigenvalue weighted by Crippen LogP contribution is -2.67. The number of nitrogens with one attached hydrogen (secondary N) is 1. The Bertz CT molecular complexity index is 313. The summed E-state index contributed by atoms with van der Waals surface area (Å²) in [5.41, 5.74) is 5.86. The number of hydrogen-bond acceptors (Lipinski definition) is 2. The van der Waals surface area contributed by atoms with E-state index in [0.29, 0.717) is 0 Å². The normalized spacial score (nSPS) is 46.6. The fourth-order valence-corrected chi connectivity index (χ4v) is 5.25. The van der Waals surface area contributed by atoms with Crippen LogP contribution >= 0.6 is 0 Å². The zero-order valence-corrected chi connectivity index (χ0v) is 11.0. The van der Waals surface area contributed by atoms with Gasteiger partial charge in [0.25, 0.3) is 0 Å². The molecule has 4 aliphatic carbocycles. The van der Waals surface area contributed by atoms with Gasteiger partial charge in [-0.15, -0.1) is 0 Å². The van der Waals surface area contributed by atoms with E-state index < -0.39 is 5.54 Å². The molecule has 1 atom stereocenters. The third-order valence-corrected chi connectivity index (χ3v) is 5.84. The molecule has 96 valence electrons. The van der Waals surface area contributed by atoms with Crippen molar-refractivity contribution in [3.8, 4) is 0 Å². The lowest BCUT2D eigenvalue weighted by molar-refractivity contribution is -0.143. The molecule has 0 spiro atoms. The Hall–Kier alpha value is -0.570. The van der Waals surface area contributed by atoms with Crippen molar-refractivity contribution < 1.29 is 4.79 Å². The van der Waals surface area contributed by atoms with Crippen molar-refractivity contribution >= 4 is 5.91 Å². The van der Waals surface area contributed by atoms with Crippen LogP contribution in [0.2, 0.25) is 0 Å². The molecule has 4 aliphatic rings. The van der Waals surface area contributed by atoms with Crippen LogP contribution in [0.5, 0.6) is 0 Å². The average molecular weight is 236 g/mol. The van der Waals surface area contributed by atoms with E-state index in [1.165, 1.54) is 38.5 Å². The monoisotopic (exact) mass is 236 g/mol. The molecule has 0 aromatic heterocycles. The maximum absolute atomic E-state index is 12.1. The molecule has 0 aromatic carbocycles. The molecule has 0 aliphatic heterocycles. The number of likely N-dealkylation sites (N-methyl/N-ethyl adjacent to an activating group) is 1. The fraction of sp³-hybridized carbons (Fsp3) is 0.929. The van der Waals surface area contributed by atoms with Gasteiger partial charge in [0.2, 0.25) is 5.91 Å². The van der Waals surface area contributed by atoms with Crippen LogP contribution in [0.1, 0.15) is 45.4 Å². The van der Waals surface area contributed by atoms with Crippen molar-refractivity contribution in [1.82, 2.24) is 5.32 Å². The standard InChI is InChI=1S/C14H24N2O/c1-13(15,12(17)16-2)14-6-9-3-10(7-14)5-11(4-9)8-14/h9-11H,3-8,15H2,1-2H3,(H,16,17). The van der Waals surface area contributed by atoms with Crippen LogP contribution < -0.4 is 11.1 Å². The van der Waals surface area contributed by atoms with Gasteiger partial charge in [0.1, 0.15) is 0 Å². The minimum atomic E-state index is -0.683. The molecule has 3 N–H and O–H groups in total. The van der Waals surface area contributed by atoms with E-state index >= 15 is 0 Å². The zero-order chi connectivity index (χ0) is 12.3. The van der Waals surface area contributed by atoms with Crippen molar-refractivity contribution in [3.05, 3.63) is 0 Å². The van der Waals surface area contributed by atoms with Gasteiger partial charge in [-0.05, 0) is 68.6 Å². The van der Waals surface area contributed by atoms with E-state index in [1.807, 2.05) is 6.92 Å². The summed E-state index contributed by atoms with van der Waals surface area (Å²) >= 11 is 0. The van der Waals surface area contributed by atoms with E-state index in [0.717, 1.165) is 17.8 Å². The number of amides is 1. The Morgan fingerprint density at radius 3 is 1.94 bits per heavy atom. The minimum Gasteiger partial charge on any atom is -0.358 e. The SMILES string of the molecule is CNC(=O)C(C)(N)C12CC3CC(CC(C3)C1)C2. The minimum absolute atomic E-state index is 0.0273. The average Bonchev–Trinajstić information content (AvgIpc) is 2.25. The van der Waals surface area contributed by atoms with Crippen molar-refractivity contribution in [3.63, 3.8) is 0 Å². The predicted octanol–water partition coefficient (Wildman–Crippen LogP) is 1.67. The highest BCUT2D eigenvalue weighted by molar-refractivity contribution is 5.86. The molecule has 0 heterocycles. The first-order chi connectivity index (χ1) is 7.97. The largest absolute Gasteiger partial charge is 0.358 e. The first kappa shape index (κ1) is 11.5. The van der Waals surface area contributed by atoms with Crippen LogP contribution in [-0.2, 0) is 4.79 Å². The number of carbonyl (C=O) groups is 1. The van der Waals surface area contributed by atoms with E-state index in [4.69, 9.17) is 5.73 Å². The molecule has 4 fully saturated rings. The summed E-state index contributed by atoms with van der Waals surface area (Å²) in [7, 11) is 1.70. The summed E-state index contributed by atoms with van der Waals surface area (Å²) in [5.74, 6) is 2.55. The van der Waals surface area contributed by atoms with Gasteiger partial charge in [-0.3, -0.25) is 4.79 Å². The van der Waals surface area contributed by atoms with Crippen LogP contribution in [0.3, 0.4) is 0 Å². The van der Waals surface area contributed by atoms with Crippen LogP contribution in [0.15, 0.2) is 0 Å². The maximum atomic E-state index is 12.1. The summed E-state index contributed by atoms with van der Waals surface area (Å²) in [6.07, 6.45) is 7.72. The van der Waals surface area contributed by atoms with E-state index in [2.05, 4.69) is 5.32 Å². The van der Waals surface area contributed by atoms with Gasteiger partial charge in [-0.25, -0.2) is 0 Å². The highest BCUT2D eigenvalue weighted by Crippen LogP contribution is 2.63. The first-order valence-corrected chi connectivity index (χ1v) is 6.98. The van der Waals surface area contributed by atoms with Gasteiger partial charge < -0.3 is 11.1 Å². The van der Waals surface area contributed by atoms with Crippen molar-refractivity contribution in [2.45, 2.75) is 51.0 Å². The molecule has 0 aromatic rings. The second-order valence-corrected chi connectivity index (χ2v) is 6.98. The summed E-state index contributed by atoms with van der Waals surface area (Å²) in [5, 5.41) is 2.77. The van der Waals surface area contributed by atoms with Gasteiger partial charge in [0, 0.05) is 7.05 Å². The third kappa shape index (κ3) is 1.48. The summed E-state index contributed by atoms with van der Waals surface area (Å²) in [6, 6.07) is 0. The Balaban J connectivity index is 1.93. The number of nitrogens with two attached hydrogens (primary N) is 1. The Labute approximate surface area is 104 Å². The second-order valence-electron chi connectivity index (χ2n) is 6.98. The van der Waals surface area contributed by atoms with Crippen LogP contribution in [0, 0.1) is 23.2 Å². The van der Waals surface area contributed by atoms with Gasteiger partial charge in [-0.1, -0.05) is 0 Å². The molecule has 17 heavy (non-hydrogen) atoms. The molecule has 4 bridgehead atoms. The van der Waals surface area contributed by atoms with E-state index in [9.17, 15) is 4.79 Å². The number of rotatable bonds is 2. The lowest BCUT2D eigenvalue weighted by atomic mass is 9.45. The topological polar surface area (TPSA) is 55.1 Å². The quantitative estimate of drug-likeness (QED) is 0.766. The van der Waals surface area contributed by atoms with Gasteiger partial charge in [-0.2, -0.15) is 0 Å². The molecular weight excluding hydrogens is 212 g/mol. The smallest absolute Gasteiger partial charge is 0.240 e. The van der Waals surface area contributed by atoms with Gasteiger partial charge in [0.05, 0.1) is 5.54 Å². The van der Waals surface area contributed by atoms with Crippen LogP contribution in [0.25, 0.3) is 0 Å². The molecule has 1 unspecified atom stereocenters. The summed E-state index contributed by atoms with van der Waals surface area (Å²) in [4.78, 5) is 12.1. The molecule has 1 amide bonds. The van der Waals surface area contributed by atoms with Crippen molar-refractivity contribution in [2.75, 3.05) is 7.05 Å². The van der Waals surface area contributed by atoms with E-state index in [-0.39, 0.29) is 11.3 Å². The predicted molar refractivity (Wildman–Crippen MR) is 67.3 cm³/mol. The molecule has 0 saturated heterocycles.